The van der Waals surface area contributed by atoms with E-state index in [-0.39, 0.29) is 0 Å². The molecule has 3 heteroatoms. The highest BCUT2D eigenvalue weighted by atomic mass is 32.1. The van der Waals surface area contributed by atoms with Crippen molar-refractivity contribution in [1.82, 2.24) is 4.57 Å². The zero-order valence-electron chi connectivity index (χ0n) is 24.5. The van der Waals surface area contributed by atoms with Crippen molar-refractivity contribution < 1.29 is 0 Å². The molecule has 0 aliphatic carbocycles. The van der Waals surface area contributed by atoms with Crippen molar-refractivity contribution in [2.24, 2.45) is 0 Å². The first-order valence-electron chi connectivity index (χ1n) is 15.3. The van der Waals surface area contributed by atoms with E-state index in [4.69, 9.17) is 0 Å². The number of hydrogen-bond donors (Lipinski definition) is 0. The predicted molar refractivity (Wildman–Crippen MR) is 194 cm³/mol. The van der Waals surface area contributed by atoms with Crippen molar-refractivity contribution in [3.8, 4) is 16.8 Å². The Bertz CT molecular complexity index is 2470. The lowest BCUT2D eigenvalue weighted by Gasteiger charge is -2.26. The van der Waals surface area contributed by atoms with E-state index in [0.717, 1.165) is 11.4 Å². The number of aromatic nitrogens is 1. The van der Waals surface area contributed by atoms with Crippen molar-refractivity contribution in [3.05, 3.63) is 170 Å². The summed E-state index contributed by atoms with van der Waals surface area (Å²) >= 11 is 1.86. The molecule has 0 fully saturated rings. The van der Waals surface area contributed by atoms with E-state index in [1.807, 2.05) is 11.3 Å². The molecule has 0 radical (unpaired) electrons. The molecule has 45 heavy (non-hydrogen) atoms. The van der Waals surface area contributed by atoms with Crippen LogP contribution in [0.25, 0.3) is 58.8 Å². The molecule has 9 rings (SSSR count). The summed E-state index contributed by atoms with van der Waals surface area (Å²) in [5.41, 5.74) is 9.50. The number of fused-ring (bicyclic) bond motifs is 6. The zero-order valence-corrected chi connectivity index (χ0v) is 25.3. The average Bonchev–Trinajstić information content (AvgIpc) is 3.66. The molecule has 0 saturated heterocycles. The summed E-state index contributed by atoms with van der Waals surface area (Å²) in [6.07, 6.45) is 0. The van der Waals surface area contributed by atoms with Gasteiger partial charge in [-0.25, -0.2) is 0 Å². The van der Waals surface area contributed by atoms with Crippen molar-refractivity contribution in [1.29, 1.82) is 0 Å². The van der Waals surface area contributed by atoms with Crippen LogP contribution in [0.5, 0.6) is 0 Å². The molecule has 212 valence electrons. The monoisotopic (exact) mass is 592 g/mol. The molecular weight excluding hydrogens is 565 g/mol. The van der Waals surface area contributed by atoms with Gasteiger partial charge in [-0.1, -0.05) is 103 Å². The highest BCUT2D eigenvalue weighted by Crippen LogP contribution is 2.45. The molecule has 2 aromatic heterocycles. The van der Waals surface area contributed by atoms with Gasteiger partial charge in [-0.15, -0.1) is 11.3 Å². The maximum Gasteiger partial charge on any atom is 0.0554 e. The van der Waals surface area contributed by atoms with E-state index < -0.39 is 0 Å². The summed E-state index contributed by atoms with van der Waals surface area (Å²) in [7, 11) is 0. The number of rotatable bonds is 5. The first-order chi connectivity index (χ1) is 22.3. The standard InChI is InChI=1S/C42H28N2S/c1-3-13-30(14-4-1)43(38-22-12-24-40-42(38)35-18-8-10-23-39(35)45-40)32-27-25-29(26-28-32)33-19-11-21-37-41(33)34-17-7-9-20-36(34)44(37)31-15-5-2-6-16-31/h1-28H. The maximum absolute atomic E-state index is 2.40. The molecule has 0 N–H and O–H groups in total. The lowest BCUT2D eigenvalue weighted by molar-refractivity contribution is 1.18. The SMILES string of the molecule is c1ccc(N(c2ccc(-c3cccc4c3c3ccccc3n4-c3ccccc3)cc2)c2cccc3sc4ccccc4c23)cc1. The number of anilines is 3. The van der Waals surface area contributed by atoms with E-state index in [1.165, 1.54) is 64.5 Å². The minimum absolute atomic E-state index is 1.13. The smallest absolute Gasteiger partial charge is 0.0554 e. The Morgan fingerprint density at radius 2 is 1.04 bits per heavy atom. The van der Waals surface area contributed by atoms with Gasteiger partial charge in [0.2, 0.25) is 0 Å². The van der Waals surface area contributed by atoms with Crippen LogP contribution in [0.1, 0.15) is 0 Å². The molecule has 0 aliphatic rings. The Morgan fingerprint density at radius 3 is 1.87 bits per heavy atom. The molecule has 0 saturated carbocycles. The van der Waals surface area contributed by atoms with Gasteiger partial charge >= 0.3 is 0 Å². The molecule has 7 aromatic carbocycles. The van der Waals surface area contributed by atoms with E-state index >= 15 is 0 Å². The molecule has 2 heterocycles. The van der Waals surface area contributed by atoms with Gasteiger partial charge in [-0.3, -0.25) is 0 Å². The normalized spacial score (nSPS) is 11.6. The molecule has 2 nitrogen and oxygen atoms in total. The zero-order chi connectivity index (χ0) is 29.7. The van der Waals surface area contributed by atoms with E-state index in [0.29, 0.717) is 0 Å². The van der Waals surface area contributed by atoms with Crippen LogP contribution in [0.2, 0.25) is 0 Å². The topological polar surface area (TPSA) is 8.17 Å². The first kappa shape index (κ1) is 25.8. The van der Waals surface area contributed by atoms with Gasteiger partial charge in [0.25, 0.3) is 0 Å². The molecule has 0 atom stereocenters. The van der Waals surface area contributed by atoms with Crippen molar-refractivity contribution in [2.75, 3.05) is 4.90 Å². The molecule has 0 spiro atoms. The van der Waals surface area contributed by atoms with Crippen LogP contribution in [0.4, 0.5) is 17.1 Å². The Kier molecular flexibility index (Phi) is 6.03. The molecular formula is C42H28N2S. The molecule has 0 aliphatic heterocycles. The lowest BCUT2D eigenvalue weighted by Crippen LogP contribution is -2.10. The fourth-order valence-corrected chi connectivity index (χ4v) is 7.98. The van der Waals surface area contributed by atoms with Crippen LogP contribution in [0, 0.1) is 0 Å². The third kappa shape index (κ3) is 4.16. The first-order valence-corrected chi connectivity index (χ1v) is 16.1. The summed E-state index contributed by atoms with van der Waals surface area (Å²) in [6, 6.07) is 61.3. The summed E-state index contributed by atoms with van der Waals surface area (Å²) in [5.74, 6) is 0. The van der Waals surface area contributed by atoms with E-state index in [9.17, 15) is 0 Å². The van der Waals surface area contributed by atoms with Crippen LogP contribution in [-0.4, -0.2) is 4.57 Å². The Morgan fingerprint density at radius 1 is 0.422 bits per heavy atom. The number of thiophene rings is 1. The lowest BCUT2D eigenvalue weighted by atomic mass is 9.99. The number of benzene rings is 7. The quantitative estimate of drug-likeness (QED) is 0.193. The van der Waals surface area contributed by atoms with Crippen LogP contribution in [-0.2, 0) is 0 Å². The van der Waals surface area contributed by atoms with Gasteiger partial charge in [-0.2, -0.15) is 0 Å². The summed E-state index contributed by atoms with van der Waals surface area (Å²) in [4.78, 5) is 2.40. The Labute approximate surface area is 265 Å². The third-order valence-electron chi connectivity index (χ3n) is 8.78. The van der Waals surface area contributed by atoms with Gasteiger partial charge in [0.1, 0.15) is 0 Å². The molecule has 0 amide bonds. The molecule has 0 unspecified atom stereocenters. The second-order valence-corrected chi connectivity index (χ2v) is 12.4. The van der Waals surface area contributed by atoms with Gasteiger partial charge < -0.3 is 9.47 Å². The predicted octanol–water partition coefficient (Wildman–Crippen LogP) is 12.3. The number of para-hydroxylation sites is 3. The highest BCUT2D eigenvalue weighted by molar-refractivity contribution is 7.26. The largest absolute Gasteiger partial charge is 0.310 e. The van der Waals surface area contributed by atoms with Crippen LogP contribution in [0.3, 0.4) is 0 Å². The summed E-state index contributed by atoms with van der Waals surface area (Å²) < 4.78 is 4.99. The van der Waals surface area contributed by atoms with E-state index in [2.05, 4.69) is 179 Å². The van der Waals surface area contributed by atoms with Crippen molar-refractivity contribution in [3.63, 3.8) is 0 Å². The van der Waals surface area contributed by atoms with Gasteiger partial charge in [0.05, 0.1) is 16.7 Å². The Balaban J connectivity index is 1.23. The van der Waals surface area contributed by atoms with Crippen molar-refractivity contribution in [2.45, 2.75) is 0 Å². The fraction of sp³-hybridized carbons (Fsp3) is 0. The molecule has 9 aromatic rings. The minimum Gasteiger partial charge on any atom is -0.310 e. The maximum atomic E-state index is 2.40. The number of nitrogens with zero attached hydrogens (tertiary/aromatic N) is 2. The third-order valence-corrected chi connectivity index (χ3v) is 9.92. The second-order valence-electron chi connectivity index (χ2n) is 11.4. The minimum atomic E-state index is 1.13. The second kappa shape index (κ2) is 10.5. The Hall–Kier alpha value is -5.64. The van der Waals surface area contributed by atoms with Gasteiger partial charge in [0, 0.05) is 48.0 Å². The number of hydrogen-bond acceptors (Lipinski definition) is 2. The van der Waals surface area contributed by atoms with Crippen LogP contribution >= 0.6 is 11.3 Å². The van der Waals surface area contributed by atoms with Crippen LogP contribution in [0.15, 0.2) is 170 Å². The van der Waals surface area contributed by atoms with E-state index in [1.54, 1.807) is 0 Å². The van der Waals surface area contributed by atoms with Crippen molar-refractivity contribution >= 4 is 70.4 Å². The highest BCUT2D eigenvalue weighted by Gasteiger charge is 2.19. The van der Waals surface area contributed by atoms with Crippen LogP contribution < -0.4 is 4.90 Å². The molecule has 0 bridgehead atoms. The fourth-order valence-electron chi connectivity index (χ4n) is 6.85. The average molecular weight is 593 g/mol. The van der Waals surface area contributed by atoms with Gasteiger partial charge in [0.15, 0.2) is 0 Å². The summed E-state index contributed by atoms with van der Waals surface area (Å²) in [6.45, 7) is 0. The summed E-state index contributed by atoms with van der Waals surface area (Å²) in [5, 5.41) is 5.13. The van der Waals surface area contributed by atoms with Gasteiger partial charge in [-0.05, 0) is 77.9 Å².